The summed E-state index contributed by atoms with van der Waals surface area (Å²) in [6.07, 6.45) is 0.807. The van der Waals surface area contributed by atoms with E-state index in [1.165, 1.54) is 0 Å². The van der Waals surface area contributed by atoms with Crippen LogP contribution in [0.3, 0.4) is 0 Å². The van der Waals surface area contributed by atoms with Crippen molar-refractivity contribution in [1.82, 2.24) is 30.7 Å². The molecule has 15 nitrogen and oxygen atoms in total. The minimum atomic E-state index is -0.510. The summed E-state index contributed by atoms with van der Waals surface area (Å²) in [6.45, 7) is 10.0. The second kappa shape index (κ2) is 23.2. The maximum Gasteiger partial charge on any atom is 0.124 e. The largest absolute Gasteiger partial charge is 0.507 e. The second-order valence-corrected chi connectivity index (χ2v) is 15.5. The quantitative estimate of drug-likeness (QED) is 0.0693. The Kier molecular flexibility index (Phi) is 18.9. The molecule has 3 aromatic rings. The molecule has 1 aliphatic rings. The maximum atomic E-state index is 11.5. The Morgan fingerprint density at radius 1 is 0.439 bits per heavy atom. The molecule has 1 saturated heterocycles. The summed E-state index contributed by atoms with van der Waals surface area (Å²) in [5.74, 6) is 0.498. The van der Waals surface area contributed by atoms with Crippen LogP contribution in [0.15, 0.2) is 36.4 Å². The van der Waals surface area contributed by atoms with Crippen molar-refractivity contribution in [2.75, 3.05) is 72.5 Å². The summed E-state index contributed by atoms with van der Waals surface area (Å²) < 4.78 is 0. The number of hydrogen-bond donors (Lipinski definition) is 12. The van der Waals surface area contributed by atoms with Crippen molar-refractivity contribution in [1.29, 1.82) is 0 Å². The highest BCUT2D eigenvalue weighted by Crippen LogP contribution is 2.30. The molecule has 0 radical (unpaired) electrons. The maximum absolute atomic E-state index is 11.5. The first-order valence-corrected chi connectivity index (χ1v) is 19.9. The summed E-state index contributed by atoms with van der Waals surface area (Å²) in [4.78, 5) is 6.87. The van der Waals surface area contributed by atoms with E-state index in [0.717, 1.165) is 46.3 Å². The molecule has 0 aromatic heterocycles. The van der Waals surface area contributed by atoms with E-state index in [9.17, 15) is 46.0 Å². The summed E-state index contributed by atoms with van der Waals surface area (Å²) in [5.41, 5.74) is 7.25. The molecule has 1 fully saturated rings. The van der Waals surface area contributed by atoms with Gasteiger partial charge in [-0.3, -0.25) is 14.7 Å². The number of rotatable bonds is 21. The lowest BCUT2D eigenvalue weighted by Crippen LogP contribution is -2.40. The third-order valence-electron chi connectivity index (χ3n) is 10.6. The Morgan fingerprint density at radius 2 is 0.719 bits per heavy atom. The van der Waals surface area contributed by atoms with Gasteiger partial charge in [-0.05, 0) is 33.7 Å². The molecule has 1 heterocycles. The summed E-state index contributed by atoms with van der Waals surface area (Å²) >= 11 is 0. The van der Waals surface area contributed by atoms with E-state index in [0.29, 0.717) is 69.2 Å². The smallest absolute Gasteiger partial charge is 0.124 e. The van der Waals surface area contributed by atoms with Crippen LogP contribution in [0.5, 0.6) is 17.2 Å². The van der Waals surface area contributed by atoms with Crippen LogP contribution < -0.4 is 16.0 Å². The van der Waals surface area contributed by atoms with Crippen LogP contribution in [-0.2, 0) is 39.3 Å². The SMILES string of the molecule is Cc1cc(CNC(CO)CO)c(O)c(CN2CCCN(Cc3cc(C)cc(CNC(CO)CO)c3O)CN(Cc3cc(C)cc(CNC(CO)CO)c3O)CC2)c1. The molecule has 0 atom stereocenters. The molecule has 0 aliphatic carbocycles. The number of aliphatic hydroxyl groups excluding tert-OH is 6. The van der Waals surface area contributed by atoms with Gasteiger partial charge in [-0.1, -0.05) is 53.1 Å². The molecular formula is C42H66N6O9. The van der Waals surface area contributed by atoms with Crippen molar-refractivity contribution in [2.45, 2.75) is 84.6 Å². The number of hydrogen-bond acceptors (Lipinski definition) is 15. The number of phenolic OH excluding ortho intramolecular Hbond substituents is 3. The number of aliphatic hydroxyl groups is 6. The lowest BCUT2D eigenvalue weighted by Gasteiger charge is -2.31. The zero-order valence-corrected chi connectivity index (χ0v) is 33.8. The van der Waals surface area contributed by atoms with Gasteiger partial charge in [-0.25, -0.2) is 0 Å². The zero-order valence-electron chi connectivity index (χ0n) is 33.8. The Labute approximate surface area is 336 Å². The van der Waals surface area contributed by atoms with E-state index in [4.69, 9.17) is 0 Å². The summed E-state index contributed by atoms with van der Waals surface area (Å²) in [7, 11) is 0. The first-order chi connectivity index (χ1) is 27.4. The molecule has 318 valence electrons. The molecule has 0 saturated carbocycles. The second-order valence-electron chi connectivity index (χ2n) is 15.5. The number of nitrogens with one attached hydrogen (secondary N) is 3. The first kappa shape index (κ1) is 46.3. The molecule has 0 unspecified atom stereocenters. The fraction of sp³-hybridized carbons (Fsp3) is 0.571. The van der Waals surface area contributed by atoms with E-state index < -0.39 is 18.1 Å². The lowest BCUT2D eigenvalue weighted by molar-refractivity contribution is 0.119. The first-order valence-electron chi connectivity index (χ1n) is 19.9. The van der Waals surface area contributed by atoms with Gasteiger partial charge in [0, 0.05) is 92.3 Å². The van der Waals surface area contributed by atoms with Gasteiger partial charge in [0.05, 0.1) is 64.4 Å². The van der Waals surface area contributed by atoms with E-state index in [2.05, 4.69) is 30.7 Å². The van der Waals surface area contributed by atoms with Gasteiger partial charge in [0.1, 0.15) is 17.2 Å². The standard InChI is InChI=1S/C42H66N6O9/c1-28-9-31(15-43-37(21-49)22-50)40(55)34(12-28)18-46-5-4-6-47(19-35-13-29(2)10-32(41(35)56)16-44-38(23-51)24-52)27-48(8-7-46)20-36-14-30(3)11-33(42(36)57)17-45-39(25-53)26-54/h9-14,37-39,43-45,49-57H,4-8,15-27H2,1-3H3. The number of phenols is 3. The van der Waals surface area contributed by atoms with Crippen LogP contribution in [0.25, 0.3) is 0 Å². The third kappa shape index (κ3) is 13.8. The van der Waals surface area contributed by atoms with Crippen molar-refractivity contribution in [2.24, 2.45) is 0 Å². The van der Waals surface area contributed by atoms with Gasteiger partial charge < -0.3 is 61.9 Å². The van der Waals surface area contributed by atoms with Gasteiger partial charge in [0.25, 0.3) is 0 Å². The van der Waals surface area contributed by atoms with Crippen molar-refractivity contribution < 1.29 is 46.0 Å². The summed E-state index contributed by atoms with van der Waals surface area (Å²) in [6, 6.07) is 10.1. The highest BCUT2D eigenvalue weighted by atomic mass is 16.3. The monoisotopic (exact) mass is 798 g/mol. The topological polar surface area (TPSA) is 228 Å². The molecule has 0 spiro atoms. The number of benzene rings is 3. The number of aromatic hydroxyl groups is 3. The van der Waals surface area contributed by atoms with Crippen molar-refractivity contribution in [3.05, 3.63) is 86.5 Å². The zero-order chi connectivity index (χ0) is 41.5. The molecule has 57 heavy (non-hydrogen) atoms. The fourth-order valence-corrected chi connectivity index (χ4v) is 7.37. The van der Waals surface area contributed by atoms with Crippen LogP contribution in [0, 0.1) is 20.8 Å². The fourth-order valence-electron chi connectivity index (χ4n) is 7.37. The van der Waals surface area contributed by atoms with Crippen molar-refractivity contribution in [3.63, 3.8) is 0 Å². The Hall–Kier alpha value is -3.42. The van der Waals surface area contributed by atoms with Crippen molar-refractivity contribution in [3.8, 4) is 17.2 Å². The highest BCUT2D eigenvalue weighted by molar-refractivity contribution is 5.45. The van der Waals surface area contributed by atoms with Crippen LogP contribution in [-0.4, -0.2) is 151 Å². The summed E-state index contributed by atoms with van der Waals surface area (Å²) in [5, 5.41) is 101. The molecule has 1 aliphatic heterocycles. The van der Waals surface area contributed by atoms with Crippen LogP contribution in [0.1, 0.15) is 56.5 Å². The molecule has 0 amide bonds. The van der Waals surface area contributed by atoms with E-state index in [1.54, 1.807) is 0 Å². The number of nitrogens with zero attached hydrogens (tertiary/aromatic N) is 3. The van der Waals surface area contributed by atoms with Gasteiger partial charge in [0.2, 0.25) is 0 Å². The minimum absolute atomic E-state index is 0.152. The van der Waals surface area contributed by atoms with Crippen LogP contribution in [0.4, 0.5) is 0 Å². The molecule has 12 N–H and O–H groups in total. The highest BCUT2D eigenvalue weighted by Gasteiger charge is 2.23. The minimum Gasteiger partial charge on any atom is -0.507 e. The molecule has 15 heteroatoms. The van der Waals surface area contributed by atoms with Crippen molar-refractivity contribution >= 4 is 0 Å². The normalized spacial score (nSPS) is 15.2. The predicted molar refractivity (Wildman–Crippen MR) is 219 cm³/mol. The Balaban J connectivity index is 1.62. The molecule has 4 rings (SSSR count). The average Bonchev–Trinajstić information content (AvgIpc) is 3.28. The molecule has 0 bridgehead atoms. The third-order valence-corrected chi connectivity index (χ3v) is 10.6. The van der Waals surface area contributed by atoms with E-state index in [1.807, 2.05) is 57.2 Å². The van der Waals surface area contributed by atoms with Crippen LogP contribution >= 0.6 is 0 Å². The predicted octanol–water partition coefficient (Wildman–Crippen LogP) is 0.225. The van der Waals surface area contributed by atoms with Gasteiger partial charge >= 0.3 is 0 Å². The van der Waals surface area contributed by atoms with Gasteiger partial charge in [-0.15, -0.1) is 0 Å². The number of aryl methyl sites for hydroxylation is 3. The lowest BCUT2D eigenvalue weighted by atomic mass is 10.0. The van der Waals surface area contributed by atoms with E-state index in [-0.39, 0.29) is 70.0 Å². The Bertz CT molecular complexity index is 1690. The molecule has 3 aromatic carbocycles. The van der Waals surface area contributed by atoms with Gasteiger partial charge in [-0.2, -0.15) is 0 Å². The van der Waals surface area contributed by atoms with E-state index >= 15 is 0 Å². The van der Waals surface area contributed by atoms with Crippen LogP contribution in [0.2, 0.25) is 0 Å². The average molecular weight is 799 g/mol. The Morgan fingerprint density at radius 3 is 1.07 bits per heavy atom. The van der Waals surface area contributed by atoms with Gasteiger partial charge in [0.15, 0.2) is 0 Å². The molecular weight excluding hydrogens is 732 g/mol.